The molecule has 3 nitrogen and oxygen atoms in total. The van der Waals surface area contributed by atoms with E-state index in [0.717, 1.165) is 58.0 Å². The second kappa shape index (κ2) is 6.24. The Hall–Kier alpha value is -1.26. The molecule has 0 saturated carbocycles. The molecule has 3 rings (SSSR count). The van der Waals surface area contributed by atoms with E-state index in [9.17, 15) is 0 Å². The van der Waals surface area contributed by atoms with Crippen LogP contribution in [-0.4, -0.2) is 16.5 Å². The van der Waals surface area contributed by atoms with Crippen LogP contribution in [0.15, 0.2) is 18.2 Å². The lowest BCUT2D eigenvalue weighted by molar-refractivity contribution is 0.955. The van der Waals surface area contributed by atoms with Gasteiger partial charge in [-0.3, -0.25) is 0 Å². The van der Waals surface area contributed by atoms with Crippen molar-refractivity contribution in [1.29, 1.82) is 0 Å². The second-order valence-electron chi connectivity index (χ2n) is 5.20. The van der Waals surface area contributed by atoms with Gasteiger partial charge in [0.15, 0.2) is 5.82 Å². The fourth-order valence-electron chi connectivity index (χ4n) is 2.44. The molecule has 0 amide bonds. The van der Waals surface area contributed by atoms with E-state index in [1.165, 1.54) is 5.56 Å². The second-order valence-corrected chi connectivity index (χ2v) is 6.62. The first kappa shape index (κ1) is 14.7. The predicted octanol–water partition coefficient (Wildman–Crippen LogP) is 4.67. The fraction of sp³-hybridized carbons (Fsp3) is 0.375. The number of hydrogen-bond acceptors (Lipinski definition) is 4. The van der Waals surface area contributed by atoms with Gasteiger partial charge in [0.05, 0.1) is 5.69 Å². The molecule has 0 aliphatic carbocycles. The van der Waals surface area contributed by atoms with Crippen LogP contribution < -0.4 is 5.32 Å². The Balaban J connectivity index is 2.06. The number of anilines is 1. The minimum atomic E-state index is 0.747. The first-order valence-corrected chi connectivity index (χ1v) is 8.70. The first-order chi connectivity index (χ1) is 10.2. The third-order valence-corrected chi connectivity index (χ3v) is 4.76. The molecule has 1 aromatic heterocycles. The minimum absolute atomic E-state index is 0.747. The van der Waals surface area contributed by atoms with Crippen LogP contribution in [0.4, 0.5) is 5.82 Å². The number of hydrogen-bond donors (Lipinski definition) is 1. The maximum absolute atomic E-state index is 6.04. The van der Waals surface area contributed by atoms with Crippen molar-refractivity contribution in [1.82, 2.24) is 9.97 Å². The molecule has 0 atom stereocenters. The summed E-state index contributed by atoms with van der Waals surface area (Å²) in [5.41, 5.74) is 4.59. The van der Waals surface area contributed by atoms with Gasteiger partial charge in [-0.25, -0.2) is 9.97 Å². The van der Waals surface area contributed by atoms with Crippen molar-refractivity contribution >= 4 is 29.2 Å². The van der Waals surface area contributed by atoms with Crippen LogP contribution in [0.25, 0.3) is 11.4 Å². The van der Waals surface area contributed by atoms with Crippen molar-refractivity contribution in [2.45, 2.75) is 31.8 Å². The Morgan fingerprint density at radius 2 is 2.14 bits per heavy atom. The monoisotopic (exact) mass is 319 g/mol. The lowest BCUT2D eigenvalue weighted by Crippen LogP contribution is -2.08. The number of nitrogens with zero attached hydrogens (tertiary/aromatic N) is 2. The summed E-state index contributed by atoms with van der Waals surface area (Å²) < 4.78 is 0. The first-order valence-electron chi connectivity index (χ1n) is 7.17. The minimum Gasteiger partial charge on any atom is -0.370 e. The van der Waals surface area contributed by atoms with E-state index >= 15 is 0 Å². The number of aryl methyl sites for hydroxylation is 1. The fourth-order valence-corrected chi connectivity index (χ4v) is 3.71. The van der Waals surface area contributed by atoms with Crippen LogP contribution in [0, 0.1) is 6.92 Å². The Kier molecular flexibility index (Phi) is 4.36. The average molecular weight is 320 g/mol. The standard InChI is InChI=1S/C16H18ClN3S/c1-3-6-18-15-13-8-21-9-14(13)19-16(20-15)12-5-4-11(17)7-10(12)2/h4-5,7H,3,6,8-9H2,1-2H3,(H,18,19,20). The van der Waals surface area contributed by atoms with E-state index < -0.39 is 0 Å². The molecule has 0 spiro atoms. The molecule has 21 heavy (non-hydrogen) atoms. The van der Waals surface area contributed by atoms with Gasteiger partial charge in [0, 0.05) is 34.2 Å². The lowest BCUT2D eigenvalue weighted by Gasteiger charge is -2.12. The van der Waals surface area contributed by atoms with Crippen molar-refractivity contribution in [3.8, 4) is 11.4 Å². The van der Waals surface area contributed by atoms with E-state index in [2.05, 4.69) is 12.2 Å². The molecule has 1 N–H and O–H groups in total. The van der Waals surface area contributed by atoms with Crippen LogP contribution in [-0.2, 0) is 11.5 Å². The zero-order chi connectivity index (χ0) is 14.8. The molecule has 0 radical (unpaired) electrons. The number of thioether (sulfide) groups is 1. The van der Waals surface area contributed by atoms with Gasteiger partial charge >= 0.3 is 0 Å². The SMILES string of the molecule is CCCNc1nc(-c2ccc(Cl)cc2C)nc2c1CSC2. The van der Waals surface area contributed by atoms with Crippen LogP contribution in [0.1, 0.15) is 30.2 Å². The zero-order valence-corrected chi connectivity index (χ0v) is 13.8. The van der Waals surface area contributed by atoms with Gasteiger partial charge in [-0.05, 0) is 37.1 Å². The molecule has 1 aliphatic heterocycles. The summed E-state index contributed by atoms with van der Waals surface area (Å²) in [4.78, 5) is 9.53. The number of aromatic nitrogens is 2. The molecular formula is C16H18ClN3S. The van der Waals surface area contributed by atoms with Crippen molar-refractivity contribution < 1.29 is 0 Å². The van der Waals surface area contributed by atoms with E-state index in [1.807, 2.05) is 36.9 Å². The van der Waals surface area contributed by atoms with Gasteiger partial charge in [-0.1, -0.05) is 18.5 Å². The highest BCUT2D eigenvalue weighted by Crippen LogP contribution is 2.35. The average Bonchev–Trinajstić information content (AvgIpc) is 2.93. The molecule has 1 aromatic carbocycles. The maximum Gasteiger partial charge on any atom is 0.162 e. The summed E-state index contributed by atoms with van der Waals surface area (Å²) >= 11 is 7.94. The highest BCUT2D eigenvalue weighted by Gasteiger charge is 2.20. The largest absolute Gasteiger partial charge is 0.370 e. The van der Waals surface area contributed by atoms with Gasteiger partial charge in [0.1, 0.15) is 5.82 Å². The molecule has 0 saturated heterocycles. The Morgan fingerprint density at radius 3 is 2.90 bits per heavy atom. The molecule has 110 valence electrons. The van der Waals surface area contributed by atoms with Gasteiger partial charge in [-0.15, -0.1) is 0 Å². The van der Waals surface area contributed by atoms with Crippen LogP contribution >= 0.6 is 23.4 Å². The lowest BCUT2D eigenvalue weighted by atomic mass is 10.1. The maximum atomic E-state index is 6.04. The summed E-state index contributed by atoms with van der Waals surface area (Å²) in [5, 5.41) is 4.19. The number of fused-ring (bicyclic) bond motifs is 1. The molecule has 5 heteroatoms. The summed E-state index contributed by atoms with van der Waals surface area (Å²) in [5.74, 6) is 3.76. The molecule has 0 bridgehead atoms. The Labute approximate surface area is 134 Å². The van der Waals surface area contributed by atoms with E-state index in [4.69, 9.17) is 21.6 Å². The number of nitrogens with one attached hydrogen (secondary N) is 1. The van der Waals surface area contributed by atoms with E-state index in [1.54, 1.807) is 0 Å². The molecule has 1 aliphatic rings. The molecule has 0 fully saturated rings. The van der Waals surface area contributed by atoms with Crippen molar-refractivity contribution in [3.63, 3.8) is 0 Å². The summed E-state index contributed by atoms with van der Waals surface area (Å²) in [6, 6.07) is 5.86. The van der Waals surface area contributed by atoms with Crippen LogP contribution in [0.3, 0.4) is 0 Å². The number of rotatable bonds is 4. The molecule has 2 aromatic rings. The number of halogens is 1. The highest BCUT2D eigenvalue weighted by atomic mass is 35.5. The molecule has 0 unspecified atom stereocenters. The molecular weight excluding hydrogens is 302 g/mol. The summed E-state index contributed by atoms with van der Waals surface area (Å²) in [7, 11) is 0. The van der Waals surface area contributed by atoms with Crippen molar-refractivity contribution in [3.05, 3.63) is 40.0 Å². The highest BCUT2D eigenvalue weighted by molar-refractivity contribution is 7.98. The van der Waals surface area contributed by atoms with Gasteiger partial charge in [-0.2, -0.15) is 11.8 Å². The number of benzene rings is 1. The smallest absolute Gasteiger partial charge is 0.162 e. The third-order valence-electron chi connectivity index (χ3n) is 3.55. The Bertz CT molecular complexity index is 673. The quantitative estimate of drug-likeness (QED) is 0.888. The van der Waals surface area contributed by atoms with Gasteiger partial charge < -0.3 is 5.32 Å². The zero-order valence-electron chi connectivity index (χ0n) is 12.2. The van der Waals surface area contributed by atoms with E-state index in [0.29, 0.717) is 0 Å². The predicted molar refractivity (Wildman–Crippen MR) is 91.0 cm³/mol. The van der Waals surface area contributed by atoms with Gasteiger partial charge in [0.2, 0.25) is 0 Å². The van der Waals surface area contributed by atoms with Crippen molar-refractivity contribution in [2.75, 3.05) is 11.9 Å². The van der Waals surface area contributed by atoms with Crippen LogP contribution in [0.5, 0.6) is 0 Å². The topological polar surface area (TPSA) is 37.8 Å². The molecule has 2 heterocycles. The summed E-state index contributed by atoms with van der Waals surface area (Å²) in [6.07, 6.45) is 1.08. The van der Waals surface area contributed by atoms with Crippen LogP contribution in [0.2, 0.25) is 5.02 Å². The Morgan fingerprint density at radius 1 is 1.29 bits per heavy atom. The summed E-state index contributed by atoms with van der Waals surface area (Å²) in [6.45, 7) is 5.15. The third kappa shape index (κ3) is 3.01. The van der Waals surface area contributed by atoms with E-state index in [-0.39, 0.29) is 0 Å². The van der Waals surface area contributed by atoms with Gasteiger partial charge in [0.25, 0.3) is 0 Å². The van der Waals surface area contributed by atoms with Crippen molar-refractivity contribution in [2.24, 2.45) is 0 Å². The normalized spacial score (nSPS) is 13.3.